The van der Waals surface area contributed by atoms with Crippen LogP contribution in [0.3, 0.4) is 0 Å². The van der Waals surface area contributed by atoms with Crippen molar-refractivity contribution >= 4 is 39.3 Å². The van der Waals surface area contributed by atoms with Gasteiger partial charge in [-0.1, -0.05) is 63.6 Å². The number of nitrogens with one attached hydrogen (secondary N) is 1. The summed E-state index contributed by atoms with van der Waals surface area (Å²) in [5.74, 6) is 1.95. The molecule has 1 N–H and O–H groups in total. The molecule has 1 heterocycles. The van der Waals surface area contributed by atoms with E-state index >= 15 is 0 Å². The third kappa shape index (κ3) is 6.50. The van der Waals surface area contributed by atoms with E-state index in [1.807, 2.05) is 54.1 Å². The highest BCUT2D eigenvalue weighted by molar-refractivity contribution is 9.10. The van der Waals surface area contributed by atoms with Gasteiger partial charge >= 0.3 is 0 Å². The Labute approximate surface area is 209 Å². The molecule has 0 amide bonds. The van der Waals surface area contributed by atoms with Crippen LogP contribution in [-0.4, -0.2) is 14.9 Å². The maximum absolute atomic E-state index is 13.1. The molecule has 0 saturated carbocycles. The number of ether oxygens (including phenoxy) is 1. The van der Waals surface area contributed by atoms with Crippen LogP contribution < -0.4 is 10.2 Å². The minimum atomic E-state index is -0.243. The first-order valence-electron chi connectivity index (χ1n) is 10.2. The quantitative estimate of drug-likeness (QED) is 0.235. The highest BCUT2D eigenvalue weighted by Gasteiger charge is 2.12. The Bertz CT molecular complexity index is 1220. The number of rotatable bonds is 9. The lowest BCUT2D eigenvalue weighted by Crippen LogP contribution is -2.17. The molecule has 9 heteroatoms. The third-order valence-electron chi connectivity index (χ3n) is 4.83. The number of benzene rings is 3. The van der Waals surface area contributed by atoms with Crippen LogP contribution in [0.25, 0.3) is 0 Å². The molecule has 5 nitrogen and oxygen atoms in total. The van der Waals surface area contributed by atoms with Gasteiger partial charge in [0.05, 0.1) is 6.54 Å². The summed E-state index contributed by atoms with van der Waals surface area (Å²) in [5, 5.41) is 9.90. The van der Waals surface area contributed by atoms with E-state index in [2.05, 4.69) is 31.6 Å². The summed E-state index contributed by atoms with van der Waals surface area (Å²) in [6.07, 6.45) is 0. The Morgan fingerprint density at radius 3 is 2.52 bits per heavy atom. The third-order valence-corrected chi connectivity index (χ3v) is 6.58. The lowest BCUT2D eigenvalue weighted by molar-refractivity contribution is 0.303. The first-order chi connectivity index (χ1) is 16.0. The minimum Gasteiger partial charge on any atom is -0.489 e. The van der Waals surface area contributed by atoms with Gasteiger partial charge in [0.15, 0.2) is 0 Å². The van der Waals surface area contributed by atoms with E-state index in [1.54, 1.807) is 12.1 Å². The summed E-state index contributed by atoms with van der Waals surface area (Å²) in [7, 11) is 0. The molecule has 0 fully saturated rings. The van der Waals surface area contributed by atoms with Gasteiger partial charge in [-0.05, 0) is 60.5 Å². The summed E-state index contributed by atoms with van der Waals surface area (Å²) in [6, 6.07) is 20.0. The number of hydrogen-bond acceptors (Lipinski definition) is 5. The first-order valence-corrected chi connectivity index (χ1v) is 12.3. The molecule has 3 aromatic carbocycles. The molecule has 0 atom stereocenters. The molecular weight excluding hydrogens is 527 g/mol. The van der Waals surface area contributed by atoms with Gasteiger partial charge < -0.3 is 10.2 Å². The van der Waals surface area contributed by atoms with Crippen molar-refractivity contribution in [3.63, 3.8) is 0 Å². The topological polar surface area (TPSA) is 52.0 Å². The molecular formula is C24H21BrClFN4OS. The molecule has 1 aromatic heterocycles. The Balaban J connectivity index is 1.43. The van der Waals surface area contributed by atoms with Crippen LogP contribution >= 0.6 is 39.3 Å². The number of aromatic nitrogens is 3. The minimum absolute atomic E-state index is 0.243. The number of nitrogens with zero attached hydrogens (tertiary/aromatic N) is 3. The Morgan fingerprint density at radius 2 is 1.76 bits per heavy atom. The van der Waals surface area contributed by atoms with Gasteiger partial charge in [0.1, 0.15) is 24.0 Å². The fourth-order valence-corrected chi connectivity index (χ4v) is 4.53. The van der Waals surface area contributed by atoms with Crippen LogP contribution in [0, 0.1) is 12.7 Å². The van der Waals surface area contributed by atoms with Gasteiger partial charge in [-0.25, -0.2) is 9.07 Å². The lowest BCUT2D eigenvalue weighted by Gasteiger charge is -2.15. The van der Waals surface area contributed by atoms with E-state index in [0.717, 1.165) is 37.9 Å². The molecule has 0 spiro atoms. The molecule has 0 saturated heterocycles. The molecule has 0 aliphatic carbocycles. The van der Waals surface area contributed by atoms with E-state index in [-0.39, 0.29) is 5.82 Å². The fraction of sp³-hybridized carbons (Fsp3) is 0.167. The average molecular weight is 548 g/mol. The first kappa shape index (κ1) is 23.6. The number of halogens is 3. The van der Waals surface area contributed by atoms with Crippen molar-refractivity contribution in [1.82, 2.24) is 14.9 Å². The Kier molecular flexibility index (Phi) is 7.90. The second kappa shape index (κ2) is 11.0. The van der Waals surface area contributed by atoms with Crippen LogP contribution in [-0.2, 0) is 18.9 Å². The van der Waals surface area contributed by atoms with Crippen LogP contribution in [0.15, 0.2) is 76.4 Å². The van der Waals surface area contributed by atoms with E-state index in [1.165, 1.54) is 23.9 Å². The van der Waals surface area contributed by atoms with Gasteiger partial charge in [0.25, 0.3) is 0 Å². The zero-order valence-corrected chi connectivity index (χ0v) is 20.9. The van der Waals surface area contributed by atoms with E-state index in [0.29, 0.717) is 23.9 Å². The smallest absolute Gasteiger partial charge is 0.210 e. The van der Waals surface area contributed by atoms with Gasteiger partial charge in [-0.3, -0.25) is 0 Å². The maximum atomic E-state index is 13.1. The number of aryl methyl sites for hydroxylation is 1. The van der Waals surface area contributed by atoms with Crippen molar-refractivity contribution in [2.75, 3.05) is 5.43 Å². The molecule has 4 aromatic rings. The molecule has 0 bridgehead atoms. The predicted octanol–water partition coefficient (Wildman–Crippen LogP) is 6.76. The standard InChI is InChI=1S/C24H21BrClFN4OS/c1-16-29-30-24(33-15-18-4-9-22(27)10-5-18)31(16)28-13-19-12-20(25)6-11-23(19)32-14-17-2-7-21(26)8-3-17/h2-12,28H,13-15H2,1H3. The van der Waals surface area contributed by atoms with E-state index < -0.39 is 0 Å². The lowest BCUT2D eigenvalue weighted by atomic mass is 10.2. The summed E-state index contributed by atoms with van der Waals surface area (Å²) in [4.78, 5) is 0. The van der Waals surface area contributed by atoms with Gasteiger partial charge in [0, 0.05) is 20.8 Å². The van der Waals surface area contributed by atoms with Crippen molar-refractivity contribution in [3.05, 3.63) is 105 Å². The van der Waals surface area contributed by atoms with Crippen molar-refractivity contribution in [2.45, 2.75) is 31.0 Å². The van der Waals surface area contributed by atoms with Gasteiger partial charge in [-0.15, -0.1) is 10.2 Å². The highest BCUT2D eigenvalue weighted by atomic mass is 79.9. The van der Waals surface area contributed by atoms with Crippen molar-refractivity contribution < 1.29 is 9.13 Å². The summed E-state index contributed by atoms with van der Waals surface area (Å²) < 4.78 is 22.0. The zero-order chi connectivity index (χ0) is 23.2. The van der Waals surface area contributed by atoms with Crippen molar-refractivity contribution in [2.24, 2.45) is 0 Å². The highest BCUT2D eigenvalue weighted by Crippen LogP contribution is 2.26. The Hall–Kier alpha value is -2.55. The number of thioether (sulfide) groups is 1. The maximum Gasteiger partial charge on any atom is 0.210 e. The second-order valence-electron chi connectivity index (χ2n) is 7.28. The van der Waals surface area contributed by atoms with E-state index in [4.69, 9.17) is 16.3 Å². The molecule has 0 aliphatic heterocycles. The normalized spacial score (nSPS) is 10.9. The van der Waals surface area contributed by atoms with Gasteiger partial charge in [-0.2, -0.15) is 0 Å². The summed E-state index contributed by atoms with van der Waals surface area (Å²) in [5.41, 5.74) is 6.43. The van der Waals surface area contributed by atoms with Crippen LogP contribution in [0.1, 0.15) is 22.5 Å². The zero-order valence-electron chi connectivity index (χ0n) is 17.8. The SMILES string of the molecule is Cc1nnc(SCc2ccc(F)cc2)n1NCc1cc(Br)ccc1OCc1ccc(Cl)cc1. The fourth-order valence-electron chi connectivity index (χ4n) is 3.08. The van der Waals surface area contributed by atoms with Crippen molar-refractivity contribution in [1.29, 1.82) is 0 Å². The second-order valence-corrected chi connectivity index (χ2v) is 9.58. The predicted molar refractivity (Wildman–Crippen MR) is 134 cm³/mol. The molecule has 170 valence electrons. The van der Waals surface area contributed by atoms with Crippen LogP contribution in [0.4, 0.5) is 4.39 Å². The molecule has 33 heavy (non-hydrogen) atoms. The summed E-state index contributed by atoms with van der Waals surface area (Å²) >= 11 is 11.0. The van der Waals surface area contributed by atoms with E-state index in [9.17, 15) is 4.39 Å². The van der Waals surface area contributed by atoms with Crippen molar-refractivity contribution in [3.8, 4) is 5.75 Å². The molecule has 0 unspecified atom stereocenters. The average Bonchev–Trinajstić information content (AvgIpc) is 3.17. The molecule has 4 rings (SSSR count). The number of hydrogen-bond donors (Lipinski definition) is 1. The summed E-state index contributed by atoms with van der Waals surface area (Å²) in [6.45, 7) is 2.84. The van der Waals surface area contributed by atoms with Gasteiger partial charge in [0.2, 0.25) is 5.16 Å². The monoisotopic (exact) mass is 546 g/mol. The molecule has 0 aliphatic rings. The largest absolute Gasteiger partial charge is 0.489 e. The van der Waals surface area contributed by atoms with Crippen LogP contribution in [0.2, 0.25) is 5.02 Å². The van der Waals surface area contributed by atoms with Crippen LogP contribution in [0.5, 0.6) is 5.75 Å². The molecule has 0 radical (unpaired) electrons. The Morgan fingerprint density at radius 1 is 1.03 bits per heavy atom.